The molecule has 2 aliphatic rings. The number of hydrogen-bond donors (Lipinski definition) is 0. The van der Waals surface area contributed by atoms with E-state index in [2.05, 4.69) is 0 Å². The molecule has 3 heterocycles. The first-order chi connectivity index (χ1) is 8.18. The SMILES string of the molecule is CN1C(=O)C[C@@H]2[C@H]1CCN2C(=O)c1ccsc1. The van der Waals surface area contributed by atoms with Gasteiger partial charge in [-0.2, -0.15) is 11.3 Å². The van der Waals surface area contributed by atoms with Crippen LogP contribution in [0.15, 0.2) is 16.8 Å². The molecule has 2 atom stereocenters. The standard InChI is InChI=1S/C12H14N2O2S/c1-13-9-2-4-14(10(9)6-11(13)15)12(16)8-3-5-17-7-8/h3,5,7,9-10H,2,4,6H2,1H3/t9-,10-/m1/s1. The molecule has 2 fully saturated rings. The van der Waals surface area contributed by atoms with Crippen molar-refractivity contribution in [3.63, 3.8) is 0 Å². The van der Waals surface area contributed by atoms with Gasteiger partial charge in [-0.25, -0.2) is 0 Å². The summed E-state index contributed by atoms with van der Waals surface area (Å²) in [6, 6.07) is 2.16. The number of fused-ring (bicyclic) bond motifs is 1. The minimum absolute atomic E-state index is 0.0712. The molecule has 2 aliphatic heterocycles. The lowest BCUT2D eigenvalue weighted by molar-refractivity contribution is -0.127. The maximum atomic E-state index is 12.3. The third-order valence-electron chi connectivity index (χ3n) is 3.81. The smallest absolute Gasteiger partial charge is 0.255 e. The fourth-order valence-corrected chi connectivity index (χ4v) is 3.48. The monoisotopic (exact) mass is 250 g/mol. The van der Waals surface area contributed by atoms with Crippen LogP contribution in [-0.4, -0.2) is 47.3 Å². The van der Waals surface area contributed by atoms with Crippen LogP contribution >= 0.6 is 11.3 Å². The zero-order valence-electron chi connectivity index (χ0n) is 9.63. The van der Waals surface area contributed by atoms with E-state index in [4.69, 9.17) is 0 Å². The predicted octanol–water partition coefficient (Wildman–Crippen LogP) is 1.19. The summed E-state index contributed by atoms with van der Waals surface area (Å²) in [6.45, 7) is 0.766. The molecule has 0 spiro atoms. The predicted molar refractivity (Wildman–Crippen MR) is 64.9 cm³/mol. The van der Waals surface area contributed by atoms with Crippen molar-refractivity contribution in [2.45, 2.75) is 24.9 Å². The molecule has 0 aromatic carbocycles. The highest BCUT2D eigenvalue weighted by Gasteiger charge is 2.46. The van der Waals surface area contributed by atoms with Crippen LogP contribution in [0.25, 0.3) is 0 Å². The van der Waals surface area contributed by atoms with Crippen molar-refractivity contribution in [3.8, 4) is 0 Å². The summed E-state index contributed by atoms with van der Waals surface area (Å²) in [5.41, 5.74) is 0.748. The molecular formula is C12H14N2O2S. The van der Waals surface area contributed by atoms with E-state index in [1.54, 1.807) is 4.90 Å². The highest BCUT2D eigenvalue weighted by atomic mass is 32.1. The van der Waals surface area contributed by atoms with Gasteiger partial charge in [-0.15, -0.1) is 0 Å². The molecule has 2 saturated heterocycles. The number of carbonyl (C=O) groups excluding carboxylic acids is 2. The van der Waals surface area contributed by atoms with Gasteiger partial charge in [0.1, 0.15) is 0 Å². The van der Waals surface area contributed by atoms with E-state index in [0.29, 0.717) is 6.42 Å². The Balaban J connectivity index is 1.83. The van der Waals surface area contributed by atoms with Gasteiger partial charge in [-0.05, 0) is 17.9 Å². The largest absolute Gasteiger partial charge is 0.341 e. The number of hydrogen-bond acceptors (Lipinski definition) is 3. The van der Waals surface area contributed by atoms with E-state index in [0.717, 1.165) is 18.5 Å². The van der Waals surface area contributed by atoms with Crippen LogP contribution in [0, 0.1) is 0 Å². The lowest BCUT2D eigenvalue weighted by Gasteiger charge is -2.23. The fraction of sp³-hybridized carbons (Fsp3) is 0.500. The van der Waals surface area contributed by atoms with Crippen molar-refractivity contribution < 1.29 is 9.59 Å². The highest BCUT2D eigenvalue weighted by Crippen LogP contribution is 2.32. The third kappa shape index (κ3) is 1.57. The number of nitrogens with zero attached hydrogens (tertiary/aromatic N) is 2. The number of rotatable bonds is 1. The Bertz CT molecular complexity index is 457. The molecule has 1 aromatic heterocycles. The highest BCUT2D eigenvalue weighted by molar-refractivity contribution is 7.08. The molecule has 2 amide bonds. The maximum Gasteiger partial charge on any atom is 0.255 e. The van der Waals surface area contributed by atoms with Crippen LogP contribution in [0.2, 0.25) is 0 Å². The molecule has 90 valence electrons. The number of carbonyl (C=O) groups is 2. The normalized spacial score (nSPS) is 27.7. The topological polar surface area (TPSA) is 40.6 Å². The van der Waals surface area contributed by atoms with Crippen LogP contribution in [0.3, 0.4) is 0 Å². The van der Waals surface area contributed by atoms with Crippen molar-refractivity contribution in [2.24, 2.45) is 0 Å². The molecule has 0 radical (unpaired) electrons. The van der Waals surface area contributed by atoms with Crippen molar-refractivity contribution in [1.82, 2.24) is 9.80 Å². The van der Waals surface area contributed by atoms with E-state index < -0.39 is 0 Å². The second kappa shape index (κ2) is 3.84. The lowest BCUT2D eigenvalue weighted by atomic mass is 10.1. The summed E-state index contributed by atoms with van der Waals surface area (Å²) >= 11 is 1.53. The Kier molecular flexibility index (Phi) is 2.43. The van der Waals surface area contributed by atoms with Gasteiger partial charge in [0, 0.05) is 25.4 Å². The Hall–Kier alpha value is -1.36. The van der Waals surface area contributed by atoms with E-state index in [1.807, 2.05) is 28.8 Å². The summed E-state index contributed by atoms with van der Waals surface area (Å²) in [7, 11) is 1.84. The van der Waals surface area contributed by atoms with E-state index in [-0.39, 0.29) is 23.9 Å². The minimum Gasteiger partial charge on any atom is -0.341 e. The maximum absolute atomic E-state index is 12.3. The Labute approximate surface area is 104 Å². The molecule has 0 aliphatic carbocycles. The van der Waals surface area contributed by atoms with Gasteiger partial charge >= 0.3 is 0 Å². The van der Waals surface area contributed by atoms with Crippen LogP contribution in [-0.2, 0) is 4.79 Å². The van der Waals surface area contributed by atoms with Crippen molar-refractivity contribution in [3.05, 3.63) is 22.4 Å². The molecule has 5 heteroatoms. The van der Waals surface area contributed by atoms with E-state index in [9.17, 15) is 9.59 Å². The Morgan fingerprint density at radius 2 is 2.29 bits per heavy atom. The zero-order chi connectivity index (χ0) is 12.0. The molecular weight excluding hydrogens is 236 g/mol. The molecule has 0 unspecified atom stereocenters. The second-order valence-corrected chi connectivity index (χ2v) is 5.42. The zero-order valence-corrected chi connectivity index (χ0v) is 10.4. The van der Waals surface area contributed by atoms with Crippen LogP contribution < -0.4 is 0 Å². The van der Waals surface area contributed by atoms with Crippen molar-refractivity contribution in [2.75, 3.05) is 13.6 Å². The average Bonchev–Trinajstić information content (AvgIpc) is 2.99. The van der Waals surface area contributed by atoms with E-state index in [1.165, 1.54) is 11.3 Å². The van der Waals surface area contributed by atoms with Crippen LogP contribution in [0.5, 0.6) is 0 Å². The van der Waals surface area contributed by atoms with Gasteiger partial charge < -0.3 is 9.80 Å². The number of amides is 2. The van der Waals surface area contributed by atoms with Crippen molar-refractivity contribution >= 4 is 23.2 Å². The Morgan fingerprint density at radius 3 is 3.00 bits per heavy atom. The summed E-state index contributed by atoms with van der Waals surface area (Å²) < 4.78 is 0. The summed E-state index contributed by atoms with van der Waals surface area (Å²) in [6.07, 6.45) is 1.39. The Morgan fingerprint density at radius 1 is 1.47 bits per heavy atom. The fourth-order valence-electron chi connectivity index (χ4n) is 2.85. The van der Waals surface area contributed by atoms with Crippen LogP contribution in [0.1, 0.15) is 23.2 Å². The molecule has 1 aromatic rings. The lowest BCUT2D eigenvalue weighted by Crippen LogP contribution is -2.38. The van der Waals surface area contributed by atoms with Gasteiger partial charge in [0.25, 0.3) is 5.91 Å². The molecule has 17 heavy (non-hydrogen) atoms. The van der Waals surface area contributed by atoms with Gasteiger partial charge in [0.15, 0.2) is 0 Å². The molecule has 4 nitrogen and oxygen atoms in total. The van der Waals surface area contributed by atoms with Gasteiger partial charge in [-0.3, -0.25) is 9.59 Å². The number of likely N-dealkylation sites (tertiary alicyclic amines) is 2. The average molecular weight is 250 g/mol. The van der Waals surface area contributed by atoms with E-state index >= 15 is 0 Å². The van der Waals surface area contributed by atoms with Gasteiger partial charge in [-0.1, -0.05) is 0 Å². The first-order valence-corrected chi connectivity index (χ1v) is 6.71. The summed E-state index contributed by atoms with van der Waals surface area (Å²) in [4.78, 5) is 27.6. The summed E-state index contributed by atoms with van der Waals surface area (Å²) in [5.74, 6) is 0.227. The van der Waals surface area contributed by atoms with Crippen LogP contribution in [0.4, 0.5) is 0 Å². The molecule has 0 bridgehead atoms. The first kappa shape index (κ1) is 10.8. The number of likely N-dealkylation sites (N-methyl/N-ethyl adjacent to an activating group) is 1. The third-order valence-corrected chi connectivity index (χ3v) is 4.50. The first-order valence-electron chi connectivity index (χ1n) is 5.77. The number of thiophene rings is 1. The van der Waals surface area contributed by atoms with Gasteiger partial charge in [0.2, 0.25) is 5.91 Å². The molecule has 3 rings (SSSR count). The molecule has 0 N–H and O–H groups in total. The second-order valence-electron chi connectivity index (χ2n) is 4.64. The minimum atomic E-state index is 0.0712. The molecule has 0 saturated carbocycles. The van der Waals surface area contributed by atoms with Gasteiger partial charge in [0.05, 0.1) is 17.6 Å². The summed E-state index contributed by atoms with van der Waals surface area (Å²) in [5, 5.41) is 3.78. The quantitative estimate of drug-likeness (QED) is 0.751. The van der Waals surface area contributed by atoms with Crippen molar-refractivity contribution in [1.29, 1.82) is 0 Å².